The largest absolute Gasteiger partial charge is 0.455 e. The minimum atomic E-state index is -3.68. The van der Waals surface area contributed by atoms with Gasteiger partial charge in [0.2, 0.25) is 10.0 Å². The van der Waals surface area contributed by atoms with Crippen LogP contribution in [0.4, 0.5) is 5.69 Å². The Hall–Kier alpha value is -2.81. The lowest BCUT2D eigenvalue weighted by molar-refractivity contribution is -0.119. The normalized spacial score (nSPS) is 11.7. The first-order valence-electron chi connectivity index (χ1n) is 9.46. The van der Waals surface area contributed by atoms with Crippen LogP contribution in [0.3, 0.4) is 0 Å². The summed E-state index contributed by atoms with van der Waals surface area (Å²) in [4.78, 5) is 12.3. The molecule has 0 fully saturated rings. The molecule has 0 saturated carbocycles. The maximum absolute atomic E-state index is 12.3. The van der Waals surface area contributed by atoms with Crippen molar-refractivity contribution in [2.75, 3.05) is 17.1 Å². The van der Waals surface area contributed by atoms with E-state index in [-0.39, 0.29) is 0 Å². The van der Waals surface area contributed by atoms with Gasteiger partial charge in [-0.25, -0.2) is 13.8 Å². The predicted octanol–water partition coefficient (Wildman–Crippen LogP) is 4.79. The van der Waals surface area contributed by atoms with Crippen molar-refractivity contribution in [3.05, 3.63) is 75.5 Å². The molecule has 10 heteroatoms. The minimum absolute atomic E-state index is 0.376. The standard InChI is InChI=1S/C22H21Cl2N3O4S/c1-14-8-15(2)10-17(9-14)27(32(3,29)30)13-22(28)26-25-12-18-5-7-21(31-18)19-6-4-16(23)11-20(19)24/h4-12H,13H2,1-3H3,(H,26,28)/b25-12-. The number of carbonyl (C=O) groups excluding carboxylic acids is 1. The van der Waals surface area contributed by atoms with Gasteiger partial charge in [-0.1, -0.05) is 29.3 Å². The summed E-state index contributed by atoms with van der Waals surface area (Å²) >= 11 is 12.1. The second-order valence-corrected chi connectivity index (χ2v) is 9.99. The van der Waals surface area contributed by atoms with E-state index >= 15 is 0 Å². The number of halogens is 2. The Morgan fingerprint density at radius 2 is 1.78 bits per heavy atom. The zero-order valence-corrected chi connectivity index (χ0v) is 19.9. The maximum atomic E-state index is 12.3. The van der Waals surface area contributed by atoms with E-state index in [1.165, 1.54) is 6.21 Å². The fraction of sp³-hybridized carbons (Fsp3) is 0.182. The summed E-state index contributed by atoms with van der Waals surface area (Å²) in [5, 5.41) is 4.81. The molecular weight excluding hydrogens is 473 g/mol. The van der Waals surface area contributed by atoms with Crippen molar-refractivity contribution < 1.29 is 17.6 Å². The van der Waals surface area contributed by atoms with Gasteiger partial charge < -0.3 is 4.42 Å². The second-order valence-electron chi connectivity index (χ2n) is 7.23. The Kier molecular flexibility index (Phi) is 7.28. The summed E-state index contributed by atoms with van der Waals surface area (Å²) in [6.45, 7) is 3.30. The summed E-state index contributed by atoms with van der Waals surface area (Å²) in [5.74, 6) is 0.288. The highest BCUT2D eigenvalue weighted by atomic mass is 35.5. The number of hydrogen-bond donors (Lipinski definition) is 1. The number of hydrogen-bond acceptors (Lipinski definition) is 5. The van der Waals surface area contributed by atoms with Crippen LogP contribution in [-0.2, 0) is 14.8 Å². The third-order valence-electron chi connectivity index (χ3n) is 4.39. The number of amides is 1. The monoisotopic (exact) mass is 493 g/mol. The van der Waals surface area contributed by atoms with Crippen molar-refractivity contribution in [1.82, 2.24) is 5.43 Å². The number of anilines is 1. The van der Waals surface area contributed by atoms with E-state index in [4.69, 9.17) is 27.6 Å². The molecule has 0 saturated heterocycles. The molecule has 3 rings (SSSR count). The molecule has 3 aromatic rings. The van der Waals surface area contributed by atoms with E-state index in [9.17, 15) is 13.2 Å². The van der Waals surface area contributed by atoms with Crippen molar-refractivity contribution in [2.24, 2.45) is 5.10 Å². The number of furan rings is 1. The number of sulfonamides is 1. The number of carbonyl (C=O) groups is 1. The molecule has 0 atom stereocenters. The fourth-order valence-corrected chi connectivity index (χ4v) is 4.43. The number of nitrogens with zero attached hydrogens (tertiary/aromatic N) is 2. The van der Waals surface area contributed by atoms with Gasteiger partial charge in [0.1, 0.15) is 18.1 Å². The molecule has 1 aromatic heterocycles. The van der Waals surface area contributed by atoms with Gasteiger partial charge in [0.15, 0.2) is 0 Å². The SMILES string of the molecule is Cc1cc(C)cc(N(CC(=O)N/N=C\c2ccc(-c3ccc(Cl)cc3Cl)o2)S(C)(=O)=O)c1. The Balaban J connectivity index is 1.69. The van der Waals surface area contributed by atoms with Crippen LogP contribution in [0.5, 0.6) is 0 Å². The average molecular weight is 494 g/mol. The van der Waals surface area contributed by atoms with Crippen LogP contribution in [0.25, 0.3) is 11.3 Å². The molecule has 1 amide bonds. The van der Waals surface area contributed by atoms with E-state index in [0.717, 1.165) is 21.7 Å². The van der Waals surface area contributed by atoms with E-state index in [1.54, 1.807) is 42.5 Å². The number of aryl methyl sites for hydroxylation is 2. The topological polar surface area (TPSA) is 92.0 Å². The molecule has 168 valence electrons. The lowest BCUT2D eigenvalue weighted by Gasteiger charge is -2.22. The molecule has 1 N–H and O–H groups in total. The van der Waals surface area contributed by atoms with Gasteiger partial charge in [-0.2, -0.15) is 5.10 Å². The Bertz CT molecular complexity index is 1270. The first-order chi connectivity index (χ1) is 15.0. The highest BCUT2D eigenvalue weighted by molar-refractivity contribution is 7.92. The average Bonchev–Trinajstić information content (AvgIpc) is 3.13. The van der Waals surface area contributed by atoms with Crippen molar-refractivity contribution in [3.8, 4) is 11.3 Å². The van der Waals surface area contributed by atoms with E-state index in [1.807, 2.05) is 19.9 Å². The van der Waals surface area contributed by atoms with Gasteiger partial charge >= 0.3 is 0 Å². The molecular formula is C22H21Cl2N3O4S. The predicted molar refractivity (Wildman–Crippen MR) is 128 cm³/mol. The molecule has 0 aliphatic carbocycles. The highest BCUT2D eigenvalue weighted by Crippen LogP contribution is 2.31. The van der Waals surface area contributed by atoms with Crippen LogP contribution in [0.1, 0.15) is 16.9 Å². The highest BCUT2D eigenvalue weighted by Gasteiger charge is 2.21. The molecule has 0 spiro atoms. The van der Waals surface area contributed by atoms with Crippen molar-refractivity contribution in [2.45, 2.75) is 13.8 Å². The molecule has 32 heavy (non-hydrogen) atoms. The number of hydrazone groups is 1. The van der Waals surface area contributed by atoms with Gasteiger partial charge in [0, 0.05) is 10.6 Å². The molecule has 0 aliphatic rings. The Morgan fingerprint density at radius 3 is 2.41 bits per heavy atom. The van der Waals surface area contributed by atoms with Crippen molar-refractivity contribution in [3.63, 3.8) is 0 Å². The van der Waals surface area contributed by atoms with Crippen LogP contribution in [0, 0.1) is 13.8 Å². The third kappa shape index (κ3) is 6.12. The summed E-state index contributed by atoms with van der Waals surface area (Å²) in [5.41, 5.74) is 5.18. The maximum Gasteiger partial charge on any atom is 0.260 e. The van der Waals surface area contributed by atoms with Gasteiger partial charge in [-0.05, 0) is 67.4 Å². The zero-order valence-electron chi connectivity index (χ0n) is 17.6. The van der Waals surface area contributed by atoms with Crippen molar-refractivity contribution >= 4 is 51.0 Å². The van der Waals surface area contributed by atoms with Gasteiger partial charge in [0.25, 0.3) is 5.91 Å². The first-order valence-corrected chi connectivity index (χ1v) is 12.1. The Morgan fingerprint density at radius 1 is 1.09 bits per heavy atom. The van der Waals surface area contributed by atoms with Gasteiger partial charge in [0.05, 0.1) is 23.2 Å². The van der Waals surface area contributed by atoms with Crippen molar-refractivity contribution in [1.29, 1.82) is 0 Å². The summed E-state index contributed by atoms with van der Waals surface area (Å²) in [6, 6.07) is 13.7. The van der Waals surface area contributed by atoms with Crippen LogP contribution < -0.4 is 9.73 Å². The summed E-state index contributed by atoms with van der Waals surface area (Å²) < 4.78 is 31.2. The summed E-state index contributed by atoms with van der Waals surface area (Å²) in [7, 11) is -3.68. The van der Waals surface area contributed by atoms with Crippen LogP contribution in [-0.4, -0.2) is 33.3 Å². The molecule has 0 unspecified atom stereocenters. The minimum Gasteiger partial charge on any atom is -0.455 e. The van der Waals surface area contributed by atoms with Crippen LogP contribution >= 0.6 is 23.2 Å². The van der Waals surface area contributed by atoms with Gasteiger partial charge in [-0.3, -0.25) is 9.10 Å². The number of rotatable bonds is 7. The number of benzene rings is 2. The zero-order chi connectivity index (χ0) is 23.5. The lowest BCUT2D eigenvalue weighted by Crippen LogP contribution is -2.39. The molecule has 0 bridgehead atoms. The lowest BCUT2D eigenvalue weighted by atomic mass is 10.1. The smallest absolute Gasteiger partial charge is 0.260 e. The molecule has 7 nitrogen and oxygen atoms in total. The van der Waals surface area contributed by atoms with E-state index < -0.39 is 22.5 Å². The Labute approximate surface area is 196 Å². The van der Waals surface area contributed by atoms with E-state index in [2.05, 4.69) is 10.5 Å². The molecule has 0 radical (unpaired) electrons. The van der Waals surface area contributed by atoms with Crippen LogP contribution in [0.2, 0.25) is 10.0 Å². The number of nitrogens with one attached hydrogen (secondary N) is 1. The molecule has 2 aromatic carbocycles. The fourth-order valence-electron chi connectivity index (χ4n) is 3.08. The quantitative estimate of drug-likeness (QED) is 0.378. The molecule has 0 aliphatic heterocycles. The van der Waals surface area contributed by atoms with E-state index in [0.29, 0.717) is 32.8 Å². The van der Waals surface area contributed by atoms with Gasteiger partial charge in [-0.15, -0.1) is 0 Å². The first kappa shape index (κ1) is 23.8. The molecule has 1 heterocycles. The second kappa shape index (κ2) is 9.77. The summed E-state index contributed by atoms with van der Waals surface area (Å²) in [6.07, 6.45) is 2.36. The third-order valence-corrected chi connectivity index (χ3v) is 6.07. The van der Waals surface area contributed by atoms with Crippen LogP contribution in [0.15, 0.2) is 58.0 Å².